The lowest BCUT2D eigenvalue weighted by molar-refractivity contribution is 0.0565. The molecule has 120 valence electrons. The van der Waals surface area contributed by atoms with E-state index in [-0.39, 0.29) is 5.91 Å². The molecule has 0 N–H and O–H groups in total. The normalized spacial score (nSPS) is 24.4. The molecule has 2 saturated heterocycles. The first-order chi connectivity index (χ1) is 10.7. The summed E-state index contributed by atoms with van der Waals surface area (Å²) in [4.78, 5) is 19.5. The van der Waals surface area contributed by atoms with E-state index in [2.05, 4.69) is 16.8 Å². The Hall–Kier alpha value is -1.39. The van der Waals surface area contributed by atoms with E-state index in [4.69, 9.17) is 0 Å². The van der Waals surface area contributed by atoms with Crippen LogP contribution in [0.15, 0.2) is 30.3 Å². The molecule has 1 aromatic carbocycles. The van der Waals surface area contributed by atoms with Gasteiger partial charge in [0.2, 0.25) is 0 Å². The molecule has 4 nitrogen and oxygen atoms in total. The molecular weight excluding hydrogens is 274 g/mol. The second kappa shape index (κ2) is 7.25. The molecule has 1 amide bonds. The number of benzene rings is 1. The average molecular weight is 301 g/mol. The highest BCUT2D eigenvalue weighted by atomic mass is 16.2. The van der Waals surface area contributed by atoms with Crippen molar-refractivity contribution in [3.8, 4) is 0 Å². The maximum Gasteiger partial charge on any atom is 0.253 e. The van der Waals surface area contributed by atoms with Crippen LogP contribution in [-0.2, 0) is 0 Å². The zero-order valence-corrected chi connectivity index (χ0v) is 13.6. The SMILES string of the molecule is CN1CCCCC1CN1CCN(C(=O)c2ccccc2)CC1. The van der Waals surface area contributed by atoms with E-state index in [1.165, 1.54) is 25.8 Å². The van der Waals surface area contributed by atoms with Crippen molar-refractivity contribution in [2.75, 3.05) is 46.3 Å². The quantitative estimate of drug-likeness (QED) is 0.853. The number of hydrogen-bond donors (Lipinski definition) is 0. The molecule has 2 fully saturated rings. The Balaban J connectivity index is 1.49. The van der Waals surface area contributed by atoms with Crippen molar-refractivity contribution >= 4 is 5.91 Å². The average Bonchev–Trinajstić information content (AvgIpc) is 2.58. The van der Waals surface area contributed by atoms with Crippen molar-refractivity contribution in [3.05, 3.63) is 35.9 Å². The van der Waals surface area contributed by atoms with Crippen molar-refractivity contribution in [3.63, 3.8) is 0 Å². The van der Waals surface area contributed by atoms with E-state index in [1.807, 2.05) is 35.2 Å². The highest BCUT2D eigenvalue weighted by molar-refractivity contribution is 5.94. The molecule has 1 aromatic rings. The molecule has 1 unspecified atom stereocenters. The number of likely N-dealkylation sites (tertiary alicyclic amines) is 1. The summed E-state index contributed by atoms with van der Waals surface area (Å²) < 4.78 is 0. The maximum absolute atomic E-state index is 12.4. The zero-order valence-electron chi connectivity index (χ0n) is 13.6. The van der Waals surface area contributed by atoms with Gasteiger partial charge in [-0.3, -0.25) is 9.69 Å². The largest absolute Gasteiger partial charge is 0.336 e. The van der Waals surface area contributed by atoms with Crippen molar-refractivity contribution in [1.82, 2.24) is 14.7 Å². The van der Waals surface area contributed by atoms with Gasteiger partial charge in [0.15, 0.2) is 0 Å². The van der Waals surface area contributed by atoms with Gasteiger partial charge in [-0.2, -0.15) is 0 Å². The summed E-state index contributed by atoms with van der Waals surface area (Å²) in [5, 5.41) is 0. The Morgan fingerprint density at radius 3 is 2.45 bits per heavy atom. The van der Waals surface area contributed by atoms with Gasteiger partial charge in [-0.05, 0) is 38.6 Å². The van der Waals surface area contributed by atoms with Crippen molar-refractivity contribution in [1.29, 1.82) is 0 Å². The second-order valence-electron chi connectivity index (χ2n) is 6.59. The highest BCUT2D eigenvalue weighted by Gasteiger charge is 2.26. The Labute approximate surface area is 133 Å². The summed E-state index contributed by atoms with van der Waals surface area (Å²) in [5.41, 5.74) is 0.808. The van der Waals surface area contributed by atoms with Crippen LogP contribution in [0.1, 0.15) is 29.6 Å². The van der Waals surface area contributed by atoms with Crippen LogP contribution in [0.25, 0.3) is 0 Å². The maximum atomic E-state index is 12.4. The van der Waals surface area contributed by atoms with Gasteiger partial charge in [0.05, 0.1) is 0 Å². The number of nitrogens with zero attached hydrogens (tertiary/aromatic N) is 3. The van der Waals surface area contributed by atoms with Crippen molar-refractivity contribution in [2.45, 2.75) is 25.3 Å². The predicted octanol–water partition coefficient (Wildman–Crippen LogP) is 1.93. The highest BCUT2D eigenvalue weighted by Crippen LogP contribution is 2.17. The fraction of sp³-hybridized carbons (Fsp3) is 0.611. The third kappa shape index (κ3) is 3.68. The predicted molar refractivity (Wildman–Crippen MR) is 89.1 cm³/mol. The lowest BCUT2D eigenvalue weighted by Gasteiger charge is -2.40. The van der Waals surface area contributed by atoms with Crippen LogP contribution in [0.4, 0.5) is 0 Å². The number of piperazine rings is 1. The van der Waals surface area contributed by atoms with E-state index in [1.54, 1.807) is 0 Å². The molecule has 3 rings (SSSR count). The van der Waals surface area contributed by atoms with Crippen LogP contribution < -0.4 is 0 Å². The zero-order chi connectivity index (χ0) is 15.4. The molecule has 0 bridgehead atoms. The number of hydrogen-bond acceptors (Lipinski definition) is 3. The monoisotopic (exact) mass is 301 g/mol. The van der Waals surface area contributed by atoms with Gasteiger partial charge in [0, 0.05) is 44.3 Å². The third-order valence-corrected chi connectivity index (χ3v) is 5.07. The second-order valence-corrected chi connectivity index (χ2v) is 6.59. The van der Waals surface area contributed by atoms with Crippen LogP contribution >= 0.6 is 0 Å². The topological polar surface area (TPSA) is 26.8 Å². The molecule has 22 heavy (non-hydrogen) atoms. The fourth-order valence-electron chi connectivity index (χ4n) is 3.57. The third-order valence-electron chi connectivity index (χ3n) is 5.07. The molecule has 0 aliphatic carbocycles. The molecule has 1 atom stereocenters. The first-order valence-electron chi connectivity index (χ1n) is 8.51. The smallest absolute Gasteiger partial charge is 0.253 e. The summed E-state index contributed by atoms with van der Waals surface area (Å²) in [7, 11) is 2.25. The molecule has 0 spiro atoms. The molecule has 0 radical (unpaired) electrons. The number of carbonyl (C=O) groups is 1. The number of piperidine rings is 1. The fourth-order valence-corrected chi connectivity index (χ4v) is 3.57. The van der Waals surface area contributed by atoms with Gasteiger partial charge in [-0.15, -0.1) is 0 Å². The van der Waals surface area contributed by atoms with E-state index in [9.17, 15) is 4.79 Å². The van der Waals surface area contributed by atoms with Crippen LogP contribution in [0.2, 0.25) is 0 Å². The van der Waals surface area contributed by atoms with Gasteiger partial charge in [-0.25, -0.2) is 0 Å². The lowest BCUT2D eigenvalue weighted by Crippen LogP contribution is -2.53. The molecule has 2 aliphatic heterocycles. The summed E-state index contributed by atoms with van der Waals surface area (Å²) in [6.07, 6.45) is 4.02. The Morgan fingerprint density at radius 2 is 1.77 bits per heavy atom. The van der Waals surface area contributed by atoms with Crippen LogP contribution in [0.5, 0.6) is 0 Å². The van der Waals surface area contributed by atoms with E-state index in [0.29, 0.717) is 6.04 Å². The first-order valence-corrected chi connectivity index (χ1v) is 8.51. The summed E-state index contributed by atoms with van der Waals surface area (Å²) in [6, 6.07) is 10.3. The van der Waals surface area contributed by atoms with Crippen LogP contribution in [-0.4, -0.2) is 73.0 Å². The van der Waals surface area contributed by atoms with E-state index < -0.39 is 0 Å². The minimum Gasteiger partial charge on any atom is -0.336 e. The Bertz CT molecular complexity index is 482. The number of amides is 1. The summed E-state index contributed by atoms with van der Waals surface area (Å²) in [6.45, 7) is 6.10. The molecule has 0 saturated carbocycles. The molecular formula is C18H27N3O. The van der Waals surface area contributed by atoms with Crippen molar-refractivity contribution in [2.24, 2.45) is 0 Å². The minimum atomic E-state index is 0.176. The van der Waals surface area contributed by atoms with E-state index >= 15 is 0 Å². The summed E-state index contributed by atoms with van der Waals surface area (Å²) >= 11 is 0. The summed E-state index contributed by atoms with van der Waals surface area (Å²) in [5.74, 6) is 0.176. The molecule has 2 aliphatic rings. The van der Waals surface area contributed by atoms with Gasteiger partial charge >= 0.3 is 0 Å². The van der Waals surface area contributed by atoms with Gasteiger partial charge < -0.3 is 9.80 Å². The minimum absolute atomic E-state index is 0.176. The Morgan fingerprint density at radius 1 is 1.05 bits per heavy atom. The van der Waals surface area contributed by atoms with E-state index in [0.717, 1.165) is 38.3 Å². The lowest BCUT2D eigenvalue weighted by atomic mass is 10.0. The van der Waals surface area contributed by atoms with Gasteiger partial charge in [-0.1, -0.05) is 24.6 Å². The molecule has 0 aromatic heterocycles. The molecule has 4 heteroatoms. The molecule has 2 heterocycles. The van der Waals surface area contributed by atoms with Crippen LogP contribution in [0, 0.1) is 0 Å². The van der Waals surface area contributed by atoms with Gasteiger partial charge in [0.25, 0.3) is 5.91 Å². The van der Waals surface area contributed by atoms with Gasteiger partial charge in [0.1, 0.15) is 0 Å². The number of rotatable bonds is 3. The van der Waals surface area contributed by atoms with Crippen molar-refractivity contribution < 1.29 is 4.79 Å². The number of likely N-dealkylation sites (N-methyl/N-ethyl adjacent to an activating group) is 1. The first kappa shape index (κ1) is 15.5. The van der Waals surface area contributed by atoms with Crippen LogP contribution in [0.3, 0.4) is 0 Å². The Kier molecular flexibility index (Phi) is 5.11. The number of carbonyl (C=O) groups excluding carboxylic acids is 1. The standard InChI is InChI=1S/C18H27N3O/c1-19-10-6-5-9-17(19)15-20-11-13-21(14-12-20)18(22)16-7-3-2-4-8-16/h2-4,7-8,17H,5-6,9-15H2,1H3.